The number of carbonyl (C=O) groups is 2. The van der Waals surface area contributed by atoms with Crippen molar-refractivity contribution < 1.29 is 28.9 Å². The molecule has 1 aromatic heterocycles. The highest BCUT2D eigenvalue weighted by Gasteiger charge is 2.49. The van der Waals surface area contributed by atoms with Crippen molar-refractivity contribution in [3.63, 3.8) is 0 Å². The van der Waals surface area contributed by atoms with Crippen molar-refractivity contribution in [2.45, 2.75) is 26.3 Å². The Morgan fingerprint density at radius 3 is 2.46 bits per heavy atom. The molecule has 1 fully saturated rings. The average molecular weight is 545 g/mol. The number of anilines is 1. The number of ether oxygens (including phenoxy) is 3. The smallest absolute Gasteiger partial charge is 0.301 e. The zero-order chi connectivity index (χ0) is 27.7. The van der Waals surface area contributed by atoms with Crippen molar-refractivity contribution in [3.05, 3.63) is 82.9 Å². The molecule has 4 aromatic rings. The van der Waals surface area contributed by atoms with E-state index in [0.717, 1.165) is 22.2 Å². The first-order valence-electron chi connectivity index (χ1n) is 12.6. The first-order chi connectivity index (χ1) is 18.9. The van der Waals surface area contributed by atoms with E-state index in [1.165, 1.54) is 30.5 Å². The van der Waals surface area contributed by atoms with Crippen molar-refractivity contribution in [3.8, 4) is 17.2 Å². The molecule has 1 saturated heterocycles. The number of amides is 1. The molecule has 0 radical (unpaired) electrons. The summed E-state index contributed by atoms with van der Waals surface area (Å²) in [6.45, 7) is 4.44. The molecule has 0 saturated carbocycles. The average Bonchev–Trinajstić information content (AvgIpc) is 3.49. The van der Waals surface area contributed by atoms with Crippen LogP contribution in [0.3, 0.4) is 0 Å². The summed E-state index contributed by atoms with van der Waals surface area (Å²) < 4.78 is 17.6. The Kier molecular flexibility index (Phi) is 7.26. The molecule has 3 aromatic carbocycles. The number of hydrogen-bond acceptors (Lipinski definition) is 8. The summed E-state index contributed by atoms with van der Waals surface area (Å²) in [5.41, 5.74) is 2.65. The summed E-state index contributed by atoms with van der Waals surface area (Å²) in [4.78, 5) is 33.3. The minimum absolute atomic E-state index is 0.0655. The summed E-state index contributed by atoms with van der Waals surface area (Å²) >= 11 is 1.32. The highest BCUT2D eigenvalue weighted by molar-refractivity contribution is 7.22. The number of aliphatic hydroxyl groups excluding tert-OH is 1. The third kappa shape index (κ3) is 4.59. The first-order valence-corrected chi connectivity index (χ1v) is 13.4. The second-order valence-electron chi connectivity index (χ2n) is 8.86. The number of methoxy groups -OCH3 is 2. The van der Waals surface area contributed by atoms with Crippen molar-refractivity contribution in [2.24, 2.45) is 0 Å². The molecule has 1 aliphatic heterocycles. The lowest BCUT2D eigenvalue weighted by molar-refractivity contribution is -0.132. The largest absolute Gasteiger partial charge is 0.507 e. The number of carbonyl (C=O) groups excluding carboxylic acids is 2. The Morgan fingerprint density at radius 1 is 1.03 bits per heavy atom. The number of ketones is 1. The maximum Gasteiger partial charge on any atom is 0.301 e. The normalized spacial score (nSPS) is 16.6. The Labute approximate surface area is 230 Å². The van der Waals surface area contributed by atoms with Gasteiger partial charge in [-0.05, 0) is 61.4 Å². The highest BCUT2D eigenvalue weighted by atomic mass is 32.1. The quantitative estimate of drug-likeness (QED) is 0.168. The fourth-order valence-electron chi connectivity index (χ4n) is 4.76. The van der Waals surface area contributed by atoms with Gasteiger partial charge in [-0.25, -0.2) is 4.98 Å². The molecule has 0 spiro atoms. The molecule has 2 heterocycles. The molecule has 8 nitrogen and oxygen atoms in total. The summed E-state index contributed by atoms with van der Waals surface area (Å²) in [5.74, 6) is -0.496. The number of para-hydroxylation sites is 1. The van der Waals surface area contributed by atoms with Gasteiger partial charge in [0.2, 0.25) is 0 Å². The van der Waals surface area contributed by atoms with Crippen LogP contribution < -0.4 is 19.1 Å². The Hall–Kier alpha value is -4.37. The molecule has 39 heavy (non-hydrogen) atoms. The van der Waals surface area contributed by atoms with Gasteiger partial charge in [0.05, 0.1) is 36.6 Å². The molecule has 1 amide bonds. The Morgan fingerprint density at radius 2 is 1.79 bits per heavy atom. The lowest BCUT2D eigenvalue weighted by Crippen LogP contribution is -2.29. The van der Waals surface area contributed by atoms with E-state index < -0.39 is 17.7 Å². The number of Topliss-reactive ketones (excluding diaryl/α,β-unsaturated/α-hetero) is 1. The van der Waals surface area contributed by atoms with E-state index in [1.54, 1.807) is 42.5 Å². The monoisotopic (exact) mass is 544 g/mol. The van der Waals surface area contributed by atoms with Gasteiger partial charge in [-0.15, -0.1) is 0 Å². The highest BCUT2D eigenvalue weighted by Crippen LogP contribution is 2.48. The number of thiazole rings is 1. The van der Waals surface area contributed by atoms with Gasteiger partial charge in [-0.1, -0.05) is 36.5 Å². The second kappa shape index (κ2) is 10.8. The van der Waals surface area contributed by atoms with Crippen LogP contribution >= 0.6 is 11.3 Å². The molecule has 1 aliphatic rings. The van der Waals surface area contributed by atoms with Crippen LogP contribution in [0.25, 0.3) is 16.0 Å². The van der Waals surface area contributed by atoms with E-state index in [0.29, 0.717) is 40.1 Å². The summed E-state index contributed by atoms with van der Waals surface area (Å²) in [6.07, 6.45) is 0.858. The second-order valence-corrected chi connectivity index (χ2v) is 9.87. The van der Waals surface area contributed by atoms with Crippen LogP contribution in [0.2, 0.25) is 0 Å². The number of fused-ring (bicyclic) bond motifs is 1. The zero-order valence-corrected chi connectivity index (χ0v) is 22.9. The minimum atomic E-state index is -1.01. The number of aromatic nitrogens is 1. The van der Waals surface area contributed by atoms with Gasteiger partial charge >= 0.3 is 5.91 Å². The first kappa shape index (κ1) is 26.2. The predicted octanol–water partition coefficient (Wildman–Crippen LogP) is 5.90. The van der Waals surface area contributed by atoms with Gasteiger partial charge in [0.15, 0.2) is 16.6 Å². The van der Waals surface area contributed by atoms with Crippen molar-refractivity contribution in [1.82, 2.24) is 4.98 Å². The molecule has 0 aliphatic carbocycles. The van der Waals surface area contributed by atoms with Crippen molar-refractivity contribution in [1.29, 1.82) is 0 Å². The Balaban J connectivity index is 1.74. The number of aryl methyl sites for hydroxylation is 1. The van der Waals surface area contributed by atoms with Crippen molar-refractivity contribution >= 4 is 44.1 Å². The van der Waals surface area contributed by atoms with Crippen LogP contribution in [0, 0.1) is 0 Å². The predicted molar refractivity (Wildman–Crippen MR) is 151 cm³/mol. The maximum absolute atomic E-state index is 13.6. The summed E-state index contributed by atoms with van der Waals surface area (Å²) in [5, 5.41) is 11.8. The fourth-order valence-corrected chi connectivity index (χ4v) is 5.82. The molecule has 200 valence electrons. The third-order valence-electron chi connectivity index (χ3n) is 6.67. The van der Waals surface area contributed by atoms with Gasteiger partial charge in [0.1, 0.15) is 17.6 Å². The standard InChI is InChI=1S/C30H28N2O6S/c1-5-17-10-15-21-23(16-17)39-30(31-21)32-25(20-8-7-9-22(36-3)28(20)37-4)24(27(34)29(32)35)26(33)18-11-13-19(14-12-18)38-6-2/h7-16,25,33H,5-6H2,1-4H3/t25-/m1/s1. The third-order valence-corrected chi connectivity index (χ3v) is 7.68. The van der Waals surface area contributed by atoms with Crippen LogP contribution in [-0.4, -0.2) is 42.6 Å². The lowest BCUT2D eigenvalue weighted by Gasteiger charge is -2.25. The molecule has 1 atom stereocenters. The van der Waals surface area contributed by atoms with Crippen LogP contribution in [-0.2, 0) is 16.0 Å². The molecular weight excluding hydrogens is 516 g/mol. The topological polar surface area (TPSA) is 98.2 Å². The molecule has 1 N–H and O–H groups in total. The van der Waals surface area contributed by atoms with E-state index in [-0.39, 0.29) is 11.3 Å². The zero-order valence-electron chi connectivity index (χ0n) is 22.1. The van der Waals surface area contributed by atoms with Crippen molar-refractivity contribution in [2.75, 3.05) is 25.7 Å². The van der Waals surface area contributed by atoms with Gasteiger partial charge in [0.25, 0.3) is 5.78 Å². The van der Waals surface area contributed by atoms with Crippen LogP contribution in [0.1, 0.15) is 36.6 Å². The van der Waals surface area contributed by atoms with E-state index >= 15 is 0 Å². The van der Waals surface area contributed by atoms with Gasteiger partial charge in [-0.3, -0.25) is 14.5 Å². The van der Waals surface area contributed by atoms with E-state index in [9.17, 15) is 14.7 Å². The minimum Gasteiger partial charge on any atom is -0.507 e. The lowest BCUT2D eigenvalue weighted by atomic mass is 9.94. The molecular formula is C30H28N2O6S. The van der Waals surface area contributed by atoms with Gasteiger partial charge in [-0.2, -0.15) is 0 Å². The number of hydrogen-bond donors (Lipinski definition) is 1. The van der Waals surface area contributed by atoms with Crippen LogP contribution in [0.5, 0.6) is 17.2 Å². The molecule has 0 unspecified atom stereocenters. The number of benzene rings is 3. The van der Waals surface area contributed by atoms with Crippen LogP contribution in [0.15, 0.2) is 66.2 Å². The summed E-state index contributed by atoms with van der Waals surface area (Å²) in [6, 6.07) is 16.9. The van der Waals surface area contributed by atoms with E-state index in [2.05, 4.69) is 6.92 Å². The van der Waals surface area contributed by atoms with E-state index in [1.807, 2.05) is 25.1 Å². The van der Waals surface area contributed by atoms with Gasteiger partial charge in [0, 0.05) is 11.1 Å². The number of nitrogens with zero attached hydrogens (tertiary/aromatic N) is 2. The molecule has 5 rings (SSSR count). The summed E-state index contributed by atoms with van der Waals surface area (Å²) in [7, 11) is 3.00. The maximum atomic E-state index is 13.6. The SMILES string of the molecule is CCOc1ccc(C(O)=C2C(=O)C(=O)N(c3nc4ccc(CC)cc4s3)[C@@H]2c2cccc(OC)c2OC)cc1. The fraction of sp³-hybridized carbons (Fsp3) is 0.233. The molecule has 0 bridgehead atoms. The van der Waals surface area contributed by atoms with E-state index in [4.69, 9.17) is 19.2 Å². The Bertz CT molecular complexity index is 1590. The number of rotatable bonds is 8. The van der Waals surface area contributed by atoms with Crippen LogP contribution in [0.4, 0.5) is 5.13 Å². The molecule has 9 heteroatoms. The number of aliphatic hydroxyl groups is 1. The van der Waals surface area contributed by atoms with Gasteiger partial charge < -0.3 is 19.3 Å².